The van der Waals surface area contributed by atoms with E-state index < -0.39 is 5.82 Å². The number of carbonyl (C=O) groups excluding carboxylic acids is 1. The molecule has 0 unspecified atom stereocenters. The van der Waals surface area contributed by atoms with Gasteiger partial charge in [-0.1, -0.05) is 17.7 Å². The molecule has 1 fully saturated rings. The molecule has 1 aliphatic heterocycles. The number of hydrogen-bond acceptors (Lipinski definition) is 2. The zero-order valence-electron chi connectivity index (χ0n) is 10.0. The molecule has 98 valence electrons. The van der Waals surface area contributed by atoms with Crippen LogP contribution in [0.5, 0.6) is 0 Å². The molecule has 3 nitrogen and oxygen atoms in total. The summed E-state index contributed by atoms with van der Waals surface area (Å²) in [5.74, 6) is -0.890. The molecular formula is C13H16ClFN2O. The second kappa shape index (κ2) is 6.16. The van der Waals surface area contributed by atoms with Gasteiger partial charge in [0.05, 0.1) is 10.6 Å². The molecule has 2 rings (SSSR count). The Morgan fingerprint density at radius 1 is 1.56 bits per heavy atom. The minimum Gasteiger partial charge on any atom is -0.352 e. The van der Waals surface area contributed by atoms with Gasteiger partial charge in [0.15, 0.2) is 0 Å². The molecule has 1 amide bonds. The molecule has 0 spiro atoms. The minimum atomic E-state index is -0.568. The smallest absolute Gasteiger partial charge is 0.252 e. The van der Waals surface area contributed by atoms with Gasteiger partial charge in [-0.05, 0) is 37.9 Å². The first-order valence-corrected chi connectivity index (χ1v) is 6.52. The van der Waals surface area contributed by atoms with Crippen LogP contribution in [0.3, 0.4) is 0 Å². The topological polar surface area (TPSA) is 41.1 Å². The van der Waals surface area contributed by atoms with E-state index in [1.165, 1.54) is 24.6 Å². The van der Waals surface area contributed by atoms with Crippen molar-refractivity contribution in [1.29, 1.82) is 0 Å². The van der Waals surface area contributed by atoms with E-state index in [1.54, 1.807) is 0 Å². The van der Waals surface area contributed by atoms with Crippen molar-refractivity contribution in [3.8, 4) is 0 Å². The molecular weight excluding hydrogens is 255 g/mol. The zero-order valence-corrected chi connectivity index (χ0v) is 10.8. The molecule has 0 saturated carbocycles. The van der Waals surface area contributed by atoms with Crippen molar-refractivity contribution < 1.29 is 9.18 Å². The van der Waals surface area contributed by atoms with Crippen LogP contribution in [0.2, 0.25) is 5.02 Å². The van der Waals surface area contributed by atoms with Crippen molar-refractivity contribution in [1.82, 2.24) is 10.6 Å². The highest BCUT2D eigenvalue weighted by molar-refractivity contribution is 6.34. The van der Waals surface area contributed by atoms with Crippen LogP contribution in [0.25, 0.3) is 0 Å². The van der Waals surface area contributed by atoms with Crippen LogP contribution in [0.4, 0.5) is 4.39 Å². The normalized spacial score (nSPS) is 18.9. The second-order valence-corrected chi connectivity index (χ2v) is 4.82. The van der Waals surface area contributed by atoms with Gasteiger partial charge in [-0.2, -0.15) is 0 Å². The first kappa shape index (κ1) is 13.3. The Kier molecular flexibility index (Phi) is 4.55. The Hall–Kier alpha value is -1.13. The van der Waals surface area contributed by atoms with Crippen molar-refractivity contribution in [2.45, 2.75) is 25.3 Å². The second-order valence-electron chi connectivity index (χ2n) is 4.44. The van der Waals surface area contributed by atoms with Crippen molar-refractivity contribution >= 4 is 17.5 Å². The van der Waals surface area contributed by atoms with Gasteiger partial charge in [-0.25, -0.2) is 4.39 Å². The van der Waals surface area contributed by atoms with Gasteiger partial charge in [0, 0.05) is 12.6 Å². The third-order valence-corrected chi connectivity index (χ3v) is 3.52. The molecule has 1 saturated heterocycles. The summed E-state index contributed by atoms with van der Waals surface area (Å²) in [5, 5.41) is 6.00. The highest BCUT2D eigenvalue weighted by atomic mass is 35.5. The number of rotatable bonds is 4. The number of benzene rings is 1. The summed E-state index contributed by atoms with van der Waals surface area (Å²) in [5.41, 5.74) is 0.191. The Bertz CT molecular complexity index is 433. The Morgan fingerprint density at radius 2 is 2.39 bits per heavy atom. The van der Waals surface area contributed by atoms with E-state index in [0.29, 0.717) is 12.6 Å². The zero-order chi connectivity index (χ0) is 13.0. The monoisotopic (exact) mass is 270 g/mol. The SMILES string of the molecule is O=C(NCC[C@H]1CCCN1)c1cccc(F)c1Cl. The van der Waals surface area contributed by atoms with Gasteiger partial charge in [-0.15, -0.1) is 0 Å². The lowest BCUT2D eigenvalue weighted by atomic mass is 10.1. The number of nitrogens with one attached hydrogen (secondary N) is 2. The Morgan fingerprint density at radius 3 is 3.11 bits per heavy atom. The quantitative estimate of drug-likeness (QED) is 0.882. The number of halogens is 2. The molecule has 0 radical (unpaired) electrons. The average molecular weight is 271 g/mol. The van der Waals surface area contributed by atoms with Crippen LogP contribution in [-0.2, 0) is 0 Å². The van der Waals surface area contributed by atoms with Crippen LogP contribution in [0.15, 0.2) is 18.2 Å². The predicted octanol–water partition coefficient (Wildman–Crippen LogP) is 2.35. The Labute approximate surface area is 111 Å². The molecule has 0 aliphatic carbocycles. The van der Waals surface area contributed by atoms with Gasteiger partial charge in [0.1, 0.15) is 5.82 Å². The van der Waals surface area contributed by atoms with Crippen LogP contribution in [-0.4, -0.2) is 25.0 Å². The fraction of sp³-hybridized carbons (Fsp3) is 0.462. The summed E-state index contributed by atoms with van der Waals surface area (Å²) >= 11 is 5.75. The van der Waals surface area contributed by atoms with E-state index in [9.17, 15) is 9.18 Å². The van der Waals surface area contributed by atoms with E-state index in [-0.39, 0.29) is 16.5 Å². The lowest BCUT2D eigenvalue weighted by molar-refractivity contribution is 0.0952. The maximum atomic E-state index is 13.2. The first-order chi connectivity index (χ1) is 8.68. The minimum absolute atomic E-state index is 0.117. The Balaban J connectivity index is 1.85. The van der Waals surface area contributed by atoms with Crippen LogP contribution in [0.1, 0.15) is 29.6 Å². The van der Waals surface area contributed by atoms with Crippen molar-refractivity contribution in [2.24, 2.45) is 0 Å². The number of amides is 1. The van der Waals surface area contributed by atoms with Crippen LogP contribution >= 0.6 is 11.6 Å². The van der Waals surface area contributed by atoms with Crippen LogP contribution in [0, 0.1) is 5.82 Å². The van der Waals surface area contributed by atoms with Crippen molar-refractivity contribution in [2.75, 3.05) is 13.1 Å². The van der Waals surface area contributed by atoms with E-state index in [4.69, 9.17) is 11.6 Å². The van der Waals surface area contributed by atoms with Gasteiger partial charge in [-0.3, -0.25) is 4.79 Å². The summed E-state index contributed by atoms with van der Waals surface area (Å²) in [4.78, 5) is 11.8. The fourth-order valence-electron chi connectivity index (χ4n) is 2.14. The molecule has 2 N–H and O–H groups in total. The molecule has 1 aromatic rings. The van der Waals surface area contributed by atoms with Gasteiger partial charge >= 0.3 is 0 Å². The van der Waals surface area contributed by atoms with Gasteiger partial charge in [0.2, 0.25) is 0 Å². The summed E-state index contributed by atoms with van der Waals surface area (Å²) in [6.07, 6.45) is 3.23. The van der Waals surface area contributed by atoms with E-state index in [0.717, 1.165) is 19.4 Å². The van der Waals surface area contributed by atoms with Gasteiger partial charge < -0.3 is 10.6 Å². The molecule has 1 heterocycles. The molecule has 1 atom stereocenters. The lowest BCUT2D eigenvalue weighted by Gasteiger charge is -2.11. The maximum Gasteiger partial charge on any atom is 0.252 e. The fourth-order valence-corrected chi connectivity index (χ4v) is 2.35. The summed E-state index contributed by atoms with van der Waals surface area (Å²) in [7, 11) is 0. The summed E-state index contributed by atoms with van der Waals surface area (Å²) in [6.45, 7) is 1.62. The average Bonchev–Trinajstić information content (AvgIpc) is 2.85. The molecule has 0 aromatic heterocycles. The maximum absolute atomic E-state index is 13.2. The van der Waals surface area contributed by atoms with Gasteiger partial charge in [0.25, 0.3) is 5.91 Å². The summed E-state index contributed by atoms with van der Waals surface area (Å²) in [6, 6.07) is 4.72. The predicted molar refractivity (Wildman–Crippen MR) is 69.4 cm³/mol. The van der Waals surface area contributed by atoms with E-state index in [1.807, 2.05) is 0 Å². The highest BCUT2D eigenvalue weighted by Gasteiger charge is 2.16. The molecule has 18 heavy (non-hydrogen) atoms. The van der Waals surface area contributed by atoms with Crippen molar-refractivity contribution in [3.63, 3.8) is 0 Å². The van der Waals surface area contributed by atoms with E-state index in [2.05, 4.69) is 10.6 Å². The highest BCUT2D eigenvalue weighted by Crippen LogP contribution is 2.19. The summed E-state index contributed by atoms with van der Waals surface area (Å²) < 4.78 is 13.2. The standard InChI is InChI=1S/C13H16ClFN2O/c14-12-10(4-1-5-11(12)15)13(18)17-8-6-9-3-2-7-16-9/h1,4-5,9,16H,2-3,6-8H2,(H,17,18)/t9-/m1/s1. The number of carbonyl (C=O) groups is 1. The molecule has 1 aliphatic rings. The van der Waals surface area contributed by atoms with E-state index >= 15 is 0 Å². The van der Waals surface area contributed by atoms with Crippen LogP contribution < -0.4 is 10.6 Å². The lowest BCUT2D eigenvalue weighted by Crippen LogP contribution is -2.30. The number of hydrogen-bond donors (Lipinski definition) is 2. The first-order valence-electron chi connectivity index (χ1n) is 6.14. The molecule has 5 heteroatoms. The third-order valence-electron chi connectivity index (χ3n) is 3.14. The van der Waals surface area contributed by atoms with Crippen molar-refractivity contribution in [3.05, 3.63) is 34.6 Å². The third kappa shape index (κ3) is 3.21. The molecule has 1 aromatic carbocycles. The molecule has 0 bridgehead atoms. The largest absolute Gasteiger partial charge is 0.352 e.